The molecule has 0 heterocycles. The van der Waals surface area contributed by atoms with Crippen molar-refractivity contribution in [1.29, 1.82) is 0 Å². The number of halogens is 1. The van der Waals surface area contributed by atoms with Gasteiger partial charge in [-0.1, -0.05) is 55.5 Å². The van der Waals surface area contributed by atoms with Crippen LogP contribution in [0, 0.1) is 3.57 Å². The number of amides is 2. The summed E-state index contributed by atoms with van der Waals surface area (Å²) in [5.41, 5.74) is 5.06. The van der Waals surface area contributed by atoms with E-state index in [-0.39, 0.29) is 30.4 Å². The molecule has 0 radical (unpaired) electrons. The third kappa shape index (κ3) is 5.82. The summed E-state index contributed by atoms with van der Waals surface area (Å²) < 4.78 is 6.28. The van der Waals surface area contributed by atoms with E-state index in [4.69, 9.17) is 4.74 Å². The molecule has 2 amide bonds. The average molecular weight is 584 g/mol. The summed E-state index contributed by atoms with van der Waals surface area (Å²) in [4.78, 5) is 36.4. The fourth-order valence-electron chi connectivity index (χ4n) is 4.33. The van der Waals surface area contributed by atoms with Crippen LogP contribution in [0.25, 0.3) is 11.1 Å². The Morgan fingerprint density at radius 1 is 1.00 bits per heavy atom. The van der Waals surface area contributed by atoms with Gasteiger partial charge >= 0.3 is 12.1 Å². The number of hydrogen-bond acceptors (Lipinski definition) is 4. The molecule has 0 spiro atoms. The monoisotopic (exact) mass is 584 g/mol. The molecule has 180 valence electrons. The highest BCUT2D eigenvalue weighted by Crippen LogP contribution is 2.44. The molecule has 0 bridgehead atoms. The Kier molecular flexibility index (Phi) is 7.70. The van der Waals surface area contributed by atoms with E-state index in [0.717, 1.165) is 22.3 Å². The Morgan fingerprint density at radius 3 is 2.23 bits per heavy atom. The molecular formula is C27H25IN2O5. The van der Waals surface area contributed by atoms with E-state index in [1.807, 2.05) is 53.8 Å². The summed E-state index contributed by atoms with van der Waals surface area (Å²) in [6.07, 6.45) is -0.00672. The maximum atomic E-state index is 12.6. The van der Waals surface area contributed by atoms with Crippen LogP contribution in [0.5, 0.6) is 0 Å². The van der Waals surface area contributed by atoms with Gasteiger partial charge in [-0.2, -0.15) is 0 Å². The molecule has 0 fully saturated rings. The fourth-order valence-corrected chi connectivity index (χ4v) is 5.00. The lowest BCUT2D eigenvalue weighted by Crippen LogP contribution is -2.38. The molecule has 8 heteroatoms. The van der Waals surface area contributed by atoms with Crippen molar-refractivity contribution in [3.8, 4) is 11.1 Å². The highest BCUT2D eigenvalue weighted by atomic mass is 127. The van der Waals surface area contributed by atoms with Gasteiger partial charge in [-0.3, -0.25) is 4.79 Å². The lowest BCUT2D eigenvalue weighted by Gasteiger charge is -2.19. The molecule has 1 aliphatic carbocycles. The van der Waals surface area contributed by atoms with E-state index in [1.165, 1.54) is 12.1 Å². The van der Waals surface area contributed by atoms with Gasteiger partial charge in [-0.15, -0.1) is 0 Å². The Bertz CT molecular complexity index is 1230. The second kappa shape index (κ2) is 10.9. The van der Waals surface area contributed by atoms with Crippen molar-refractivity contribution in [2.75, 3.05) is 11.9 Å². The van der Waals surface area contributed by atoms with E-state index < -0.39 is 18.1 Å². The van der Waals surface area contributed by atoms with Gasteiger partial charge in [0, 0.05) is 27.6 Å². The number of fused-ring (bicyclic) bond motifs is 3. The van der Waals surface area contributed by atoms with E-state index in [9.17, 15) is 19.5 Å². The minimum atomic E-state index is -1.07. The minimum Gasteiger partial charge on any atom is -0.478 e. The fraction of sp³-hybridized carbons (Fsp3) is 0.222. The summed E-state index contributed by atoms with van der Waals surface area (Å²) in [7, 11) is 0. The van der Waals surface area contributed by atoms with Crippen molar-refractivity contribution in [1.82, 2.24) is 5.32 Å². The normalized spacial score (nSPS) is 12.9. The number of aromatic carboxylic acids is 1. The Hall–Kier alpha value is -3.40. The number of carboxylic acids is 1. The molecule has 3 aromatic rings. The molecule has 0 aliphatic heterocycles. The molecule has 1 unspecified atom stereocenters. The minimum absolute atomic E-state index is 0.0363. The third-order valence-electron chi connectivity index (χ3n) is 6.02. The standard InChI is InChI=1S/C27H25IN2O5/c1-2-18(14-25(31)29-19-12-16(26(32)33)11-17(28)13-19)30-27(34)35-15-24-22-9-5-3-7-20(22)21-8-4-6-10-23(21)24/h3-13,18,24H,2,14-15H2,1H3,(H,29,31)(H,30,34)(H,32,33). The molecular weight excluding hydrogens is 559 g/mol. The summed E-state index contributed by atoms with van der Waals surface area (Å²) in [5.74, 6) is -1.43. The van der Waals surface area contributed by atoms with Crippen LogP contribution in [-0.2, 0) is 9.53 Å². The van der Waals surface area contributed by atoms with Gasteiger partial charge in [0.15, 0.2) is 0 Å². The van der Waals surface area contributed by atoms with Crippen molar-refractivity contribution >= 4 is 46.2 Å². The molecule has 0 saturated carbocycles. The maximum Gasteiger partial charge on any atom is 0.407 e. The lowest BCUT2D eigenvalue weighted by atomic mass is 9.98. The van der Waals surface area contributed by atoms with Crippen molar-refractivity contribution in [3.63, 3.8) is 0 Å². The number of carbonyl (C=O) groups excluding carboxylic acids is 2. The van der Waals surface area contributed by atoms with Crippen LogP contribution in [0.1, 0.15) is 47.2 Å². The van der Waals surface area contributed by atoms with Crippen molar-refractivity contribution in [2.45, 2.75) is 31.7 Å². The molecule has 1 atom stereocenters. The van der Waals surface area contributed by atoms with E-state index in [1.54, 1.807) is 6.07 Å². The van der Waals surface area contributed by atoms with Gasteiger partial charge < -0.3 is 20.5 Å². The van der Waals surface area contributed by atoms with Crippen LogP contribution in [0.15, 0.2) is 66.7 Å². The first-order chi connectivity index (χ1) is 16.9. The van der Waals surface area contributed by atoms with Crippen molar-refractivity contribution in [3.05, 3.63) is 87.0 Å². The molecule has 0 saturated heterocycles. The third-order valence-corrected chi connectivity index (χ3v) is 6.64. The largest absolute Gasteiger partial charge is 0.478 e. The summed E-state index contributed by atoms with van der Waals surface area (Å²) >= 11 is 2.00. The number of hydrogen-bond donors (Lipinski definition) is 3. The summed E-state index contributed by atoms with van der Waals surface area (Å²) in [5, 5.41) is 14.7. The maximum absolute atomic E-state index is 12.6. The number of carboxylic acid groups (broad SMARTS) is 1. The molecule has 1 aliphatic rings. The quantitative estimate of drug-likeness (QED) is 0.298. The van der Waals surface area contributed by atoms with Gasteiger partial charge in [-0.25, -0.2) is 9.59 Å². The Balaban J connectivity index is 1.34. The number of benzene rings is 3. The SMILES string of the molecule is CCC(CC(=O)Nc1cc(I)cc(C(=O)O)c1)NC(=O)OCC1c2ccccc2-c2ccccc21. The molecule has 3 N–H and O–H groups in total. The summed E-state index contributed by atoms with van der Waals surface area (Å²) in [6.45, 7) is 2.07. The van der Waals surface area contributed by atoms with Crippen LogP contribution in [-0.4, -0.2) is 35.7 Å². The predicted octanol–water partition coefficient (Wildman–Crippen LogP) is 5.64. The predicted molar refractivity (Wildman–Crippen MR) is 142 cm³/mol. The van der Waals surface area contributed by atoms with E-state index in [0.29, 0.717) is 15.7 Å². The van der Waals surface area contributed by atoms with Crippen molar-refractivity contribution in [2.24, 2.45) is 0 Å². The average Bonchev–Trinajstić information content (AvgIpc) is 3.15. The van der Waals surface area contributed by atoms with E-state index in [2.05, 4.69) is 34.9 Å². The molecule has 4 rings (SSSR count). The second-order valence-corrected chi connectivity index (χ2v) is 9.61. The first-order valence-corrected chi connectivity index (χ1v) is 12.4. The smallest absolute Gasteiger partial charge is 0.407 e. The Morgan fingerprint density at radius 2 is 1.63 bits per heavy atom. The highest BCUT2D eigenvalue weighted by Gasteiger charge is 2.29. The summed E-state index contributed by atoms with van der Waals surface area (Å²) in [6, 6.07) is 20.4. The molecule has 35 heavy (non-hydrogen) atoms. The number of alkyl carbamates (subject to hydrolysis) is 1. The zero-order valence-corrected chi connectivity index (χ0v) is 21.2. The number of anilines is 1. The van der Waals surface area contributed by atoms with Crippen LogP contribution in [0.4, 0.5) is 10.5 Å². The van der Waals surface area contributed by atoms with Crippen LogP contribution in [0.2, 0.25) is 0 Å². The van der Waals surface area contributed by atoms with Crippen LogP contribution in [0.3, 0.4) is 0 Å². The van der Waals surface area contributed by atoms with Gasteiger partial charge in [-0.05, 0) is 69.5 Å². The van der Waals surface area contributed by atoms with Gasteiger partial charge in [0.1, 0.15) is 6.61 Å². The molecule has 7 nitrogen and oxygen atoms in total. The zero-order valence-electron chi connectivity index (χ0n) is 19.1. The topological polar surface area (TPSA) is 105 Å². The molecule has 0 aromatic heterocycles. The van der Waals surface area contributed by atoms with Crippen molar-refractivity contribution < 1.29 is 24.2 Å². The highest BCUT2D eigenvalue weighted by molar-refractivity contribution is 14.1. The first kappa shape index (κ1) is 24.7. The molecule has 3 aromatic carbocycles. The second-order valence-electron chi connectivity index (χ2n) is 8.36. The van der Waals surface area contributed by atoms with Gasteiger partial charge in [0.05, 0.1) is 5.56 Å². The Labute approximate surface area is 217 Å². The zero-order chi connectivity index (χ0) is 24.9. The first-order valence-electron chi connectivity index (χ1n) is 11.3. The lowest BCUT2D eigenvalue weighted by molar-refractivity contribution is -0.116. The number of nitrogens with one attached hydrogen (secondary N) is 2. The number of rotatable bonds is 8. The van der Waals surface area contributed by atoms with Gasteiger partial charge in [0.2, 0.25) is 5.91 Å². The van der Waals surface area contributed by atoms with Crippen LogP contribution < -0.4 is 10.6 Å². The van der Waals surface area contributed by atoms with Crippen LogP contribution >= 0.6 is 22.6 Å². The van der Waals surface area contributed by atoms with E-state index >= 15 is 0 Å². The van der Waals surface area contributed by atoms with Gasteiger partial charge in [0.25, 0.3) is 0 Å². The number of ether oxygens (including phenoxy) is 1. The number of carbonyl (C=O) groups is 3.